The fourth-order valence-corrected chi connectivity index (χ4v) is 1.86. The topological polar surface area (TPSA) is 67.6 Å². The molecule has 0 amide bonds. The third-order valence-electron chi connectivity index (χ3n) is 2.61. The van der Waals surface area contributed by atoms with Crippen molar-refractivity contribution in [2.24, 2.45) is 0 Å². The third kappa shape index (κ3) is 1.21. The van der Waals surface area contributed by atoms with Crippen LogP contribution in [0.3, 0.4) is 0 Å². The lowest BCUT2D eigenvalue weighted by Gasteiger charge is -1.99. The quantitative estimate of drug-likeness (QED) is 0.674. The number of hydrogen-bond acceptors (Lipinski definition) is 4. The molecule has 0 aliphatic heterocycles. The van der Waals surface area contributed by atoms with Crippen LogP contribution in [0.25, 0.3) is 22.2 Å². The number of fused-ring (bicyclic) bond motifs is 1. The Morgan fingerprint density at radius 3 is 2.88 bits per heavy atom. The molecule has 3 aromatic rings. The van der Waals surface area contributed by atoms with Gasteiger partial charge in [-0.3, -0.25) is 10.1 Å². The van der Waals surface area contributed by atoms with Gasteiger partial charge in [-0.2, -0.15) is 5.10 Å². The van der Waals surface area contributed by atoms with Gasteiger partial charge in [0.05, 0.1) is 17.4 Å². The van der Waals surface area contributed by atoms with Gasteiger partial charge in [0, 0.05) is 17.3 Å². The minimum absolute atomic E-state index is 0.804. The van der Waals surface area contributed by atoms with Gasteiger partial charge in [-0.05, 0) is 19.9 Å². The van der Waals surface area contributed by atoms with Crippen LogP contribution in [-0.4, -0.2) is 20.3 Å². The third-order valence-corrected chi connectivity index (χ3v) is 2.61. The Hall–Kier alpha value is -2.17. The number of nitrogens with zero attached hydrogens (tertiary/aromatic N) is 3. The van der Waals surface area contributed by atoms with Crippen LogP contribution in [0, 0.1) is 13.8 Å². The number of rotatable bonds is 1. The summed E-state index contributed by atoms with van der Waals surface area (Å²) in [6, 6.07) is 2.00. The van der Waals surface area contributed by atoms with E-state index in [1.54, 1.807) is 6.20 Å². The molecule has 0 aliphatic rings. The predicted octanol–water partition coefficient (Wildman–Crippen LogP) is 2.23. The van der Waals surface area contributed by atoms with E-state index in [9.17, 15) is 0 Å². The Bertz CT molecular complexity index is 633. The van der Waals surface area contributed by atoms with Crippen molar-refractivity contribution >= 4 is 11.0 Å². The first kappa shape index (κ1) is 9.08. The zero-order chi connectivity index (χ0) is 11.1. The summed E-state index contributed by atoms with van der Waals surface area (Å²) in [6.45, 7) is 3.81. The van der Waals surface area contributed by atoms with E-state index in [1.165, 1.54) is 0 Å². The average Bonchev–Trinajstić information content (AvgIpc) is 2.85. The number of aromatic amines is 1. The Balaban J connectivity index is 2.25. The highest BCUT2D eigenvalue weighted by molar-refractivity contribution is 5.80. The first-order chi connectivity index (χ1) is 7.75. The molecule has 0 saturated carbocycles. The molecule has 0 aliphatic carbocycles. The molecule has 80 valence electrons. The van der Waals surface area contributed by atoms with Gasteiger partial charge >= 0.3 is 0 Å². The van der Waals surface area contributed by atoms with Crippen molar-refractivity contribution in [2.75, 3.05) is 0 Å². The van der Waals surface area contributed by atoms with Gasteiger partial charge in [-0.15, -0.1) is 0 Å². The van der Waals surface area contributed by atoms with Gasteiger partial charge in [0.2, 0.25) is 0 Å². The maximum Gasteiger partial charge on any atom is 0.141 e. The minimum atomic E-state index is 0.804. The highest BCUT2D eigenvalue weighted by atomic mass is 16.5. The van der Waals surface area contributed by atoms with Gasteiger partial charge in [-0.25, -0.2) is 0 Å². The van der Waals surface area contributed by atoms with E-state index in [-0.39, 0.29) is 0 Å². The molecule has 0 unspecified atom stereocenters. The lowest BCUT2D eigenvalue weighted by molar-refractivity contribution is 0.393. The van der Waals surface area contributed by atoms with E-state index in [0.29, 0.717) is 0 Å². The second-order valence-electron chi connectivity index (χ2n) is 3.73. The van der Waals surface area contributed by atoms with Gasteiger partial charge in [-0.1, -0.05) is 5.16 Å². The maximum absolute atomic E-state index is 5.14. The van der Waals surface area contributed by atoms with E-state index in [2.05, 4.69) is 20.3 Å². The summed E-state index contributed by atoms with van der Waals surface area (Å²) in [5.74, 6) is 0.804. The van der Waals surface area contributed by atoms with E-state index in [4.69, 9.17) is 4.52 Å². The molecule has 0 spiro atoms. The lowest BCUT2D eigenvalue weighted by Crippen LogP contribution is -1.84. The molecule has 5 heteroatoms. The van der Waals surface area contributed by atoms with Gasteiger partial charge in [0.1, 0.15) is 11.3 Å². The van der Waals surface area contributed by atoms with E-state index in [1.807, 2.05) is 26.1 Å². The summed E-state index contributed by atoms with van der Waals surface area (Å²) in [5.41, 5.74) is 4.64. The molecule has 0 fully saturated rings. The van der Waals surface area contributed by atoms with Crippen LogP contribution in [-0.2, 0) is 0 Å². The summed E-state index contributed by atoms with van der Waals surface area (Å²) in [5, 5.41) is 10.8. The molecular weight excluding hydrogens is 204 g/mol. The van der Waals surface area contributed by atoms with E-state index in [0.717, 1.165) is 33.6 Å². The molecule has 0 bridgehead atoms. The van der Waals surface area contributed by atoms with Gasteiger partial charge < -0.3 is 4.52 Å². The zero-order valence-electron chi connectivity index (χ0n) is 8.98. The number of aryl methyl sites for hydroxylation is 2. The smallest absolute Gasteiger partial charge is 0.141 e. The standard InChI is InChI=1S/C11H10N4O/c1-6-11(7(2)16-15-6)8-3-9-10(12-4-8)5-13-14-9/h3-5H,1-2H3,(H,13,14). The first-order valence-electron chi connectivity index (χ1n) is 4.98. The van der Waals surface area contributed by atoms with Crippen LogP contribution in [0.4, 0.5) is 0 Å². The molecule has 0 aromatic carbocycles. The highest BCUT2D eigenvalue weighted by Gasteiger charge is 2.12. The van der Waals surface area contributed by atoms with E-state index >= 15 is 0 Å². The predicted molar refractivity (Wildman–Crippen MR) is 58.9 cm³/mol. The van der Waals surface area contributed by atoms with Crippen LogP contribution in [0.15, 0.2) is 23.0 Å². The summed E-state index contributed by atoms with van der Waals surface area (Å²) >= 11 is 0. The van der Waals surface area contributed by atoms with Crippen molar-refractivity contribution < 1.29 is 4.52 Å². The number of H-pyrrole nitrogens is 1. The van der Waals surface area contributed by atoms with Crippen LogP contribution < -0.4 is 0 Å². The fraction of sp³-hybridized carbons (Fsp3) is 0.182. The Kier molecular flexibility index (Phi) is 1.80. The van der Waals surface area contributed by atoms with Crippen LogP contribution in [0.1, 0.15) is 11.5 Å². The van der Waals surface area contributed by atoms with Crippen molar-refractivity contribution in [1.82, 2.24) is 20.3 Å². The Morgan fingerprint density at radius 1 is 1.25 bits per heavy atom. The summed E-state index contributed by atoms with van der Waals surface area (Å²) in [7, 11) is 0. The largest absolute Gasteiger partial charge is 0.361 e. The summed E-state index contributed by atoms with van der Waals surface area (Å²) in [6.07, 6.45) is 3.51. The molecule has 16 heavy (non-hydrogen) atoms. The van der Waals surface area contributed by atoms with Crippen LogP contribution >= 0.6 is 0 Å². The van der Waals surface area contributed by atoms with Gasteiger partial charge in [0.15, 0.2) is 0 Å². The molecule has 0 saturated heterocycles. The minimum Gasteiger partial charge on any atom is -0.361 e. The second-order valence-corrected chi connectivity index (χ2v) is 3.73. The Morgan fingerprint density at radius 2 is 2.12 bits per heavy atom. The monoisotopic (exact) mass is 214 g/mol. The highest BCUT2D eigenvalue weighted by Crippen LogP contribution is 2.27. The van der Waals surface area contributed by atoms with Gasteiger partial charge in [0.25, 0.3) is 0 Å². The molecule has 3 rings (SSSR count). The lowest BCUT2D eigenvalue weighted by atomic mass is 10.1. The summed E-state index contributed by atoms with van der Waals surface area (Å²) < 4.78 is 5.14. The van der Waals surface area contributed by atoms with Crippen molar-refractivity contribution in [3.05, 3.63) is 29.9 Å². The zero-order valence-corrected chi connectivity index (χ0v) is 8.98. The molecule has 3 heterocycles. The first-order valence-corrected chi connectivity index (χ1v) is 4.98. The number of pyridine rings is 1. The fourth-order valence-electron chi connectivity index (χ4n) is 1.86. The summed E-state index contributed by atoms with van der Waals surface area (Å²) in [4.78, 5) is 4.32. The number of hydrogen-bond donors (Lipinski definition) is 1. The molecule has 1 N–H and O–H groups in total. The van der Waals surface area contributed by atoms with E-state index < -0.39 is 0 Å². The van der Waals surface area contributed by atoms with Crippen LogP contribution in [0.2, 0.25) is 0 Å². The maximum atomic E-state index is 5.14. The van der Waals surface area contributed by atoms with Crippen molar-refractivity contribution in [3.8, 4) is 11.1 Å². The molecule has 3 aromatic heterocycles. The van der Waals surface area contributed by atoms with Crippen molar-refractivity contribution in [1.29, 1.82) is 0 Å². The number of nitrogens with one attached hydrogen (secondary N) is 1. The molecular formula is C11H10N4O. The van der Waals surface area contributed by atoms with Crippen molar-refractivity contribution in [2.45, 2.75) is 13.8 Å². The molecule has 0 atom stereocenters. The average molecular weight is 214 g/mol. The Labute approximate surface area is 91.5 Å². The SMILES string of the molecule is Cc1noc(C)c1-c1cnc2cn[nH]c2c1. The molecule has 5 nitrogen and oxygen atoms in total. The van der Waals surface area contributed by atoms with Crippen LogP contribution in [0.5, 0.6) is 0 Å². The van der Waals surface area contributed by atoms with Crippen molar-refractivity contribution in [3.63, 3.8) is 0 Å². The molecule has 0 radical (unpaired) electrons. The number of aromatic nitrogens is 4. The second kappa shape index (κ2) is 3.16. The normalized spacial score (nSPS) is 11.1.